The fraction of sp³-hybridized carbons (Fsp3) is 0.545. The van der Waals surface area contributed by atoms with Crippen LogP contribution in [0.2, 0.25) is 0 Å². The number of rotatable bonds is 8. The Hall–Kier alpha value is -2.47. The Balaban J connectivity index is 2.63. The largest absolute Gasteiger partial charge is 0.476 e. The molecule has 0 saturated carbocycles. The Morgan fingerprint density at radius 3 is 2.85 bits per heavy atom. The van der Waals surface area contributed by atoms with Crippen molar-refractivity contribution in [2.45, 2.75) is 13.0 Å². The molecule has 20 heavy (non-hydrogen) atoms. The lowest BCUT2D eigenvalue weighted by molar-refractivity contribution is -0.132. The second kappa shape index (κ2) is 7.85. The molecule has 0 aliphatic heterocycles. The number of aromatic carboxylic acids is 1. The van der Waals surface area contributed by atoms with E-state index in [1.807, 2.05) is 6.07 Å². The molecule has 0 saturated heterocycles. The van der Waals surface area contributed by atoms with Gasteiger partial charge in [0.2, 0.25) is 5.91 Å². The van der Waals surface area contributed by atoms with E-state index in [9.17, 15) is 9.59 Å². The van der Waals surface area contributed by atoms with Gasteiger partial charge in [-0.15, -0.1) is 5.10 Å². The standard InChI is InChI=1S/C11H15N5O4/c1-20-6-5-15(4-2-3-12)10(17)8-16-7-9(11(18)19)13-14-16/h7H,2,4-6,8H2,1H3,(H,18,19). The summed E-state index contributed by atoms with van der Waals surface area (Å²) in [5.41, 5.74) is -0.224. The average Bonchev–Trinajstić information content (AvgIpc) is 2.87. The van der Waals surface area contributed by atoms with E-state index in [1.165, 1.54) is 18.2 Å². The highest BCUT2D eigenvalue weighted by Gasteiger charge is 2.16. The lowest BCUT2D eigenvalue weighted by Gasteiger charge is -2.20. The Morgan fingerprint density at radius 1 is 1.55 bits per heavy atom. The summed E-state index contributed by atoms with van der Waals surface area (Å²) in [5, 5.41) is 24.3. The third-order valence-electron chi connectivity index (χ3n) is 2.47. The molecule has 1 aromatic heterocycles. The SMILES string of the molecule is COCCN(CCC#N)C(=O)Cn1cc(C(=O)O)nn1. The quantitative estimate of drug-likeness (QED) is 0.672. The van der Waals surface area contributed by atoms with Crippen molar-refractivity contribution in [2.75, 3.05) is 26.8 Å². The minimum absolute atomic E-state index is 0.130. The predicted molar refractivity (Wildman–Crippen MR) is 65.7 cm³/mol. The molecule has 108 valence electrons. The van der Waals surface area contributed by atoms with Crippen LogP contribution in [0.4, 0.5) is 0 Å². The fourth-order valence-corrected chi connectivity index (χ4v) is 1.46. The second-order valence-corrected chi connectivity index (χ2v) is 3.89. The molecule has 0 aromatic carbocycles. The van der Waals surface area contributed by atoms with Crippen LogP contribution >= 0.6 is 0 Å². The minimum atomic E-state index is -1.20. The van der Waals surface area contributed by atoms with Crippen LogP contribution in [0, 0.1) is 11.3 Å². The van der Waals surface area contributed by atoms with Crippen molar-refractivity contribution in [3.05, 3.63) is 11.9 Å². The topological polar surface area (TPSA) is 121 Å². The number of carbonyl (C=O) groups is 2. The van der Waals surface area contributed by atoms with E-state index in [-0.39, 0.29) is 24.6 Å². The van der Waals surface area contributed by atoms with Crippen molar-refractivity contribution in [2.24, 2.45) is 0 Å². The van der Waals surface area contributed by atoms with Gasteiger partial charge >= 0.3 is 5.97 Å². The number of amides is 1. The summed E-state index contributed by atoms with van der Waals surface area (Å²) in [6.07, 6.45) is 1.40. The first kappa shape index (κ1) is 15.6. The van der Waals surface area contributed by atoms with E-state index in [4.69, 9.17) is 15.1 Å². The average molecular weight is 281 g/mol. The van der Waals surface area contributed by atoms with Gasteiger partial charge in [-0.2, -0.15) is 5.26 Å². The van der Waals surface area contributed by atoms with Crippen LogP contribution in [0.15, 0.2) is 6.20 Å². The van der Waals surface area contributed by atoms with E-state index >= 15 is 0 Å². The summed E-state index contributed by atoms with van der Waals surface area (Å²) >= 11 is 0. The maximum atomic E-state index is 12.0. The second-order valence-electron chi connectivity index (χ2n) is 3.89. The van der Waals surface area contributed by atoms with Crippen molar-refractivity contribution < 1.29 is 19.4 Å². The molecule has 9 heteroatoms. The summed E-state index contributed by atoms with van der Waals surface area (Å²) < 4.78 is 6.05. The van der Waals surface area contributed by atoms with Gasteiger partial charge in [0.05, 0.1) is 25.3 Å². The molecule has 1 amide bonds. The monoisotopic (exact) mass is 281 g/mol. The smallest absolute Gasteiger partial charge is 0.358 e. The molecule has 1 heterocycles. The van der Waals surface area contributed by atoms with Crippen molar-refractivity contribution in [3.63, 3.8) is 0 Å². The molecule has 1 rings (SSSR count). The molecule has 0 fully saturated rings. The summed E-state index contributed by atoms with van der Waals surface area (Å²) in [5.74, 6) is -1.48. The van der Waals surface area contributed by atoms with Gasteiger partial charge in [0.15, 0.2) is 5.69 Å². The normalized spacial score (nSPS) is 10.0. The first-order valence-corrected chi connectivity index (χ1v) is 5.85. The summed E-state index contributed by atoms with van der Waals surface area (Å²) in [4.78, 5) is 24.1. The van der Waals surface area contributed by atoms with Crippen LogP contribution in [0.5, 0.6) is 0 Å². The Labute approximate surface area is 115 Å². The number of carbonyl (C=O) groups excluding carboxylic acids is 1. The molecular formula is C11H15N5O4. The van der Waals surface area contributed by atoms with Crippen LogP contribution in [-0.2, 0) is 16.1 Å². The molecule has 0 atom stereocenters. The van der Waals surface area contributed by atoms with Gasteiger partial charge in [-0.3, -0.25) is 4.79 Å². The van der Waals surface area contributed by atoms with E-state index in [1.54, 1.807) is 0 Å². The summed E-state index contributed by atoms with van der Waals surface area (Å²) in [7, 11) is 1.52. The van der Waals surface area contributed by atoms with Crippen LogP contribution < -0.4 is 0 Å². The Kier molecular flexibility index (Phi) is 6.12. The zero-order valence-electron chi connectivity index (χ0n) is 11.0. The van der Waals surface area contributed by atoms with E-state index in [0.29, 0.717) is 19.7 Å². The number of carboxylic acids is 1. The molecule has 1 aromatic rings. The van der Waals surface area contributed by atoms with Gasteiger partial charge in [0.25, 0.3) is 0 Å². The van der Waals surface area contributed by atoms with E-state index in [2.05, 4.69) is 10.3 Å². The molecule has 0 spiro atoms. The number of hydrogen-bond donors (Lipinski definition) is 1. The van der Waals surface area contributed by atoms with Gasteiger partial charge in [0, 0.05) is 20.2 Å². The van der Waals surface area contributed by atoms with E-state index in [0.717, 1.165) is 4.68 Å². The number of ether oxygens (including phenoxy) is 1. The number of carboxylic acid groups (broad SMARTS) is 1. The van der Waals surface area contributed by atoms with E-state index < -0.39 is 5.97 Å². The molecule has 0 bridgehead atoms. The minimum Gasteiger partial charge on any atom is -0.476 e. The highest BCUT2D eigenvalue weighted by Crippen LogP contribution is 1.98. The van der Waals surface area contributed by atoms with Crippen LogP contribution in [0.1, 0.15) is 16.9 Å². The molecule has 0 aliphatic carbocycles. The van der Waals surface area contributed by atoms with Gasteiger partial charge in [-0.1, -0.05) is 5.21 Å². The molecule has 0 radical (unpaired) electrons. The zero-order chi connectivity index (χ0) is 15.0. The Bertz CT molecular complexity index is 507. The maximum Gasteiger partial charge on any atom is 0.358 e. The fourth-order valence-electron chi connectivity index (χ4n) is 1.46. The van der Waals surface area contributed by atoms with Crippen LogP contribution in [0.3, 0.4) is 0 Å². The molecule has 1 N–H and O–H groups in total. The lowest BCUT2D eigenvalue weighted by Crippen LogP contribution is -2.37. The number of hydrogen-bond acceptors (Lipinski definition) is 6. The predicted octanol–water partition coefficient (Wildman–Crippen LogP) is -0.635. The van der Waals surface area contributed by atoms with Crippen molar-refractivity contribution in [1.29, 1.82) is 5.26 Å². The molecule has 0 unspecified atom stereocenters. The highest BCUT2D eigenvalue weighted by molar-refractivity contribution is 5.84. The number of nitrogens with zero attached hydrogens (tertiary/aromatic N) is 5. The van der Waals surface area contributed by atoms with Crippen molar-refractivity contribution >= 4 is 11.9 Å². The van der Waals surface area contributed by atoms with Gasteiger partial charge in [-0.25, -0.2) is 9.48 Å². The first-order valence-electron chi connectivity index (χ1n) is 5.85. The summed E-state index contributed by atoms with van der Waals surface area (Å²) in [6, 6.07) is 1.97. The lowest BCUT2D eigenvalue weighted by atomic mass is 10.3. The van der Waals surface area contributed by atoms with Gasteiger partial charge in [-0.05, 0) is 0 Å². The van der Waals surface area contributed by atoms with Crippen molar-refractivity contribution in [3.8, 4) is 6.07 Å². The Morgan fingerprint density at radius 2 is 2.30 bits per heavy atom. The van der Waals surface area contributed by atoms with Gasteiger partial charge in [0.1, 0.15) is 6.54 Å². The molecular weight excluding hydrogens is 266 g/mol. The molecule has 9 nitrogen and oxygen atoms in total. The van der Waals surface area contributed by atoms with Crippen molar-refractivity contribution in [1.82, 2.24) is 19.9 Å². The van der Waals surface area contributed by atoms with Crippen LogP contribution in [0.25, 0.3) is 0 Å². The number of methoxy groups -OCH3 is 1. The number of nitriles is 1. The summed E-state index contributed by atoms with van der Waals surface area (Å²) in [6.45, 7) is 0.876. The first-order chi connectivity index (χ1) is 9.58. The third-order valence-corrected chi connectivity index (χ3v) is 2.47. The van der Waals surface area contributed by atoms with Crippen LogP contribution in [-0.4, -0.2) is 63.7 Å². The zero-order valence-corrected chi connectivity index (χ0v) is 11.0. The third kappa shape index (κ3) is 4.66. The van der Waals surface area contributed by atoms with Gasteiger partial charge < -0.3 is 14.7 Å². The number of aromatic nitrogens is 3. The molecule has 0 aliphatic rings. The highest BCUT2D eigenvalue weighted by atomic mass is 16.5. The maximum absolute atomic E-state index is 12.0.